The molecule has 2 aromatic rings. The molecule has 0 heterocycles. The SMILES string of the molecule is CC(C)(O)c1cc([S@](N)(=O)=NC(=O)Nc2c3c(c(F)c4c2CCC4)CCC3)ccc1F. The Balaban J connectivity index is 1.71. The van der Waals surface area contributed by atoms with Crippen molar-refractivity contribution in [2.45, 2.75) is 62.9 Å². The van der Waals surface area contributed by atoms with Gasteiger partial charge >= 0.3 is 6.03 Å². The van der Waals surface area contributed by atoms with Gasteiger partial charge in [0.05, 0.1) is 10.5 Å². The van der Waals surface area contributed by atoms with Crippen molar-refractivity contribution >= 4 is 21.6 Å². The van der Waals surface area contributed by atoms with Crippen LogP contribution in [0, 0.1) is 11.6 Å². The molecule has 9 heteroatoms. The van der Waals surface area contributed by atoms with E-state index in [1.807, 2.05) is 0 Å². The minimum atomic E-state index is -3.70. The third-order valence-corrected chi connectivity index (χ3v) is 7.32. The fraction of sp³-hybridized carbons (Fsp3) is 0.409. The molecule has 2 aliphatic rings. The summed E-state index contributed by atoms with van der Waals surface area (Å²) >= 11 is 0. The first-order chi connectivity index (χ1) is 14.5. The molecule has 0 spiro atoms. The van der Waals surface area contributed by atoms with Crippen molar-refractivity contribution in [3.05, 3.63) is 57.7 Å². The molecule has 0 saturated carbocycles. The predicted octanol–water partition coefficient (Wildman–Crippen LogP) is 4.10. The van der Waals surface area contributed by atoms with Crippen LogP contribution in [0.1, 0.15) is 54.5 Å². The van der Waals surface area contributed by atoms with Gasteiger partial charge in [-0.25, -0.2) is 22.9 Å². The van der Waals surface area contributed by atoms with E-state index in [1.54, 1.807) is 0 Å². The van der Waals surface area contributed by atoms with Crippen LogP contribution in [0.15, 0.2) is 27.5 Å². The van der Waals surface area contributed by atoms with Gasteiger partial charge in [-0.1, -0.05) is 0 Å². The van der Waals surface area contributed by atoms with E-state index < -0.39 is 27.4 Å². The Hall–Kier alpha value is -2.36. The van der Waals surface area contributed by atoms with E-state index in [2.05, 4.69) is 9.68 Å². The number of fused-ring (bicyclic) bond motifs is 2. The molecule has 0 aliphatic heterocycles. The number of hydrogen-bond acceptors (Lipinski definition) is 3. The van der Waals surface area contributed by atoms with E-state index in [-0.39, 0.29) is 16.3 Å². The normalized spacial score (nSPS) is 17.1. The second-order valence-electron chi connectivity index (χ2n) is 8.60. The monoisotopic (exact) mass is 449 g/mol. The summed E-state index contributed by atoms with van der Waals surface area (Å²) in [6, 6.07) is 2.46. The number of carbonyl (C=O) groups is 1. The summed E-state index contributed by atoms with van der Waals surface area (Å²) in [7, 11) is -3.70. The van der Waals surface area contributed by atoms with Gasteiger partial charge in [0.15, 0.2) is 0 Å². The maximum absolute atomic E-state index is 14.8. The quantitative estimate of drug-likeness (QED) is 0.657. The van der Waals surface area contributed by atoms with Crippen molar-refractivity contribution in [3.8, 4) is 0 Å². The van der Waals surface area contributed by atoms with E-state index in [0.717, 1.165) is 36.1 Å². The Labute approximate surface area is 180 Å². The summed E-state index contributed by atoms with van der Waals surface area (Å²) in [6.45, 7) is 2.76. The lowest BCUT2D eigenvalue weighted by Gasteiger charge is -2.19. The van der Waals surface area contributed by atoms with Crippen LogP contribution in [0.4, 0.5) is 19.3 Å². The van der Waals surface area contributed by atoms with Gasteiger partial charge in [-0.2, -0.15) is 0 Å². The van der Waals surface area contributed by atoms with Gasteiger partial charge in [0.1, 0.15) is 21.5 Å². The molecule has 0 bridgehead atoms. The Kier molecular flexibility index (Phi) is 5.39. The topological polar surface area (TPSA) is 105 Å². The van der Waals surface area contributed by atoms with Crippen LogP contribution < -0.4 is 10.5 Å². The second-order valence-corrected chi connectivity index (χ2v) is 10.4. The maximum atomic E-state index is 14.8. The van der Waals surface area contributed by atoms with Crippen molar-refractivity contribution in [3.63, 3.8) is 0 Å². The third kappa shape index (κ3) is 3.97. The van der Waals surface area contributed by atoms with Crippen molar-refractivity contribution in [2.24, 2.45) is 9.50 Å². The number of carbonyl (C=O) groups excluding carboxylic acids is 1. The molecule has 1 atom stereocenters. The summed E-state index contributed by atoms with van der Waals surface area (Å²) in [6.07, 6.45) is 4.16. The summed E-state index contributed by atoms with van der Waals surface area (Å²) in [4.78, 5) is 12.6. The smallest absolute Gasteiger partial charge is 0.354 e. The van der Waals surface area contributed by atoms with E-state index in [9.17, 15) is 22.9 Å². The van der Waals surface area contributed by atoms with Gasteiger partial charge in [-0.15, -0.1) is 4.36 Å². The number of nitrogens with zero attached hydrogens (tertiary/aromatic N) is 1. The van der Waals surface area contributed by atoms with Gasteiger partial charge in [0.25, 0.3) is 0 Å². The molecule has 0 unspecified atom stereocenters. The summed E-state index contributed by atoms with van der Waals surface area (Å²) in [5.41, 5.74) is 1.74. The summed E-state index contributed by atoms with van der Waals surface area (Å²) in [5, 5.41) is 18.7. The Morgan fingerprint density at radius 1 is 1.10 bits per heavy atom. The van der Waals surface area contributed by atoms with E-state index in [4.69, 9.17) is 5.14 Å². The van der Waals surface area contributed by atoms with Crippen LogP contribution in [-0.4, -0.2) is 15.3 Å². The van der Waals surface area contributed by atoms with E-state index in [0.29, 0.717) is 42.5 Å². The molecule has 0 saturated heterocycles. The summed E-state index contributed by atoms with van der Waals surface area (Å²) in [5.74, 6) is -0.851. The van der Waals surface area contributed by atoms with Crippen LogP contribution in [0.3, 0.4) is 0 Å². The zero-order valence-electron chi connectivity index (χ0n) is 17.4. The standard InChI is InChI=1S/C22H25F2N3O3S/c1-22(2,29)17-11-12(9-10-18(17)23)31(25,30)27-21(28)26-20-15-7-3-5-13(15)19(24)14-6-4-8-16(14)20/h9-11,29H,3-8H2,1-2H3,(H3,25,26,27,28,30)/t31-/m1/s1. The van der Waals surface area contributed by atoms with Crippen molar-refractivity contribution < 1.29 is 22.9 Å². The molecule has 166 valence electrons. The molecule has 4 rings (SSSR count). The van der Waals surface area contributed by atoms with Crippen LogP contribution in [0.25, 0.3) is 0 Å². The van der Waals surface area contributed by atoms with Crippen molar-refractivity contribution in [1.29, 1.82) is 0 Å². The Bertz CT molecular complexity index is 1180. The zero-order chi connectivity index (χ0) is 22.6. The molecule has 0 fully saturated rings. The summed E-state index contributed by atoms with van der Waals surface area (Å²) < 4.78 is 45.5. The number of urea groups is 1. The highest BCUT2D eigenvalue weighted by molar-refractivity contribution is 7.91. The maximum Gasteiger partial charge on any atom is 0.354 e. The highest BCUT2D eigenvalue weighted by atomic mass is 32.2. The van der Waals surface area contributed by atoms with Crippen molar-refractivity contribution in [1.82, 2.24) is 0 Å². The third-order valence-electron chi connectivity index (χ3n) is 5.95. The fourth-order valence-corrected chi connectivity index (χ4v) is 5.45. The molecule has 4 N–H and O–H groups in total. The Morgan fingerprint density at radius 2 is 1.65 bits per heavy atom. The zero-order valence-corrected chi connectivity index (χ0v) is 18.2. The fourth-order valence-electron chi connectivity index (χ4n) is 4.50. The molecule has 2 amide bonds. The molecule has 31 heavy (non-hydrogen) atoms. The number of benzene rings is 2. The first-order valence-electron chi connectivity index (χ1n) is 10.2. The lowest BCUT2D eigenvalue weighted by Crippen LogP contribution is -2.22. The number of rotatable bonds is 3. The molecule has 0 radical (unpaired) electrons. The molecular weight excluding hydrogens is 424 g/mol. The minimum Gasteiger partial charge on any atom is -0.386 e. The minimum absolute atomic E-state index is 0.0734. The van der Waals surface area contributed by atoms with Gasteiger partial charge in [-0.3, -0.25) is 0 Å². The predicted molar refractivity (Wildman–Crippen MR) is 114 cm³/mol. The molecule has 2 aliphatic carbocycles. The second kappa shape index (κ2) is 7.65. The van der Waals surface area contributed by atoms with Gasteiger partial charge in [-0.05, 0) is 92.8 Å². The Morgan fingerprint density at radius 3 is 2.19 bits per heavy atom. The lowest BCUT2D eigenvalue weighted by atomic mass is 9.98. The number of halogens is 2. The van der Waals surface area contributed by atoms with Gasteiger partial charge in [0, 0.05) is 11.3 Å². The lowest BCUT2D eigenvalue weighted by molar-refractivity contribution is 0.0743. The van der Waals surface area contributed by atoms with Gasteiger partial charge < -0.3 is 10.4 Å². The average molecular weight is 450 g/mol. The highest BCUT2D eigenvalue weighted by Gasteiger charge is 2.30. The van der Waals surface area contributed by atoms with E-state index in [1.165, 1.54) is 19.9 Å². The molecular formula is C22H25F2N3O3S. The highest BCUT2D eigenvalue weighted by Crippen LogP contribution is 2.41. The molecule has 2 aromatic carbocycles. The van der Waals surface area contributed by atoms with Gasteiger partial charge in [0.2, 0.25) is 0 Å². The van der Waals surface area contributed by atoms with Crippen LogP contribution in [0.2, 0.25) is 0 Å². The number of nitrogens with two attached hydrogens (primary N) is 1. The van der Waals surface area contributed by atoms with E-state index >= 15 is 0 Å². The average Bonchev–Trinajstić information content (AvgIpc) is 3.34. The first kappa shape index (κ1) is 21.9. The number of hydrogen-bond donors (Lipinski definition) is 3. The van der Waals surface area contributed by atoms with Crippen molar-refractivity contribution in [2.75, 3.05) is 5.32 Å². The van der Waals surface area contributed by atoms with Crippen LogP contribution in [0.5, 0.6) is 0 Å². The number of amides is 2. The largest absolute Gasteiger partial charge is 0.386 e. The molecule has 0 aromatic heterocycles. The van der Waals surface area contributed by atoms with Crippen LogP contribution >= 0.6 is 0 Å². The number of aliphatic hydroxyl groups is 1. The number of nitrogens with one attached hydrogen (secondary N) is 1. The number of anilines is 1. The van der Waals surface area contributed by atoms with Crippen LogP contribution in [-0.2, 0) is 41.2 Å². The molecule has 6 nitrogen and oxygen atoms in total. The first-order valence-corrected chi connectivity index (χ1v) is 11.8.